The number of hydrogen-bond acceptors (Lipinski definition) is 4. The van der Waals surface area contributed by atoms with Gasteiger partial charge in [-0.25, -0.2) is 15.0 Å². The molecule has 0 fully saturated rings. The Kier molecular flexibility index (Phi) is 7.50. The van der Waals surface area contributed by atoms with Gasteiger partial charge in [-0.3, -0.25) is 0 Å². The zero-order valence-corrected chi connectivity index (χ0v) is 31.8. The zero-order chi connectivity index (χ0) is 38.9. The van der Waals surface area contributed by atoms with Crippen LogP contribution in [-0.4, -0.2) is 15.0 Å². The van der Waals surface area contributed by atoms with Gasteiger partial charge < -0.3 is 4.42 Å². The molecule has 0 N–H and O–H groups in total. The minimum atomic E-state index is 0.843. The van der Waals surface area contributed by atoms with Crippen LogP contribution in [0, 0.1) is 0 Å². The third-order valence-electron chi connectivity index (χ3n) is 11.6. The van der Waals surface area contributed by atoms with Crippen LogP contribution in [0.1, 0.15) is 0 Å². The average molecular weight is 752 g/mol. The minimum Gasteiger partial charge on any atom is -0.456 e. The number of nitrogens with zero attached hydrogens (tertiary/aromatic N) is 3. The van der Waals surface area contributed by atoms with Crippen molar-refractivity contribution < 1.29 is 4.42 Å². The van der Waals surface area contributed by atoms with Crippen LogP contribution in [0.4, 0.5) is 0 Å². The molecule has 4 heteroatoms. The first-order valence-electron chi connectivity index (χ1n) is 19.9. The molecule has 0 amide bonds. The van der Waals surface area contributed by atoms with Crippen LogP contribution in [0.2, 0.25) is 0 Å². The van der Waals surface area contributed by atoms with Gasteiger partial charge in [0.1, 0.15) is 11.2 Å². The maximum atomic E-state index is 6.65. The van der Waals surface area contributed by atoms with E-state index in [0.29, 0.717) is 0 Å². The molecule has 0 aliphatic rings. The standard InChI is InChI=1S/C55H33N3O/c1-3-13-34(14-4-1)45-29-27-36-25-26-37-28-30-46(57-55(37)54(36)56-45)40-19-11-17-38(31-40)39-18-12-20-41(32-39)50-51-42-21-7-9-23-47(42)58-53(35-15-5-2-6-16-35)44(51)33-49-52(50)43-22-8-10-24-48(43)59-49/h1-33H. The molecular formula is C55H33N3O. The molecule has 59 heavy (non-hydrogen) atoms. The van der Waals surface area contributed by atoms with Gasteiger partial charge in [0.05, 0.1) is 33.6 Å². The van der Waals surface area contributed by atoms with E-state index in [2.05, 4.69) is 170 Å². The topological polar surface area (TPSA) is 51.8 Å². The second kappa shape index (κ2) is 13.3. The number of rotatable bonds is 5. The van der Waals surface area contributed by atoms with Crippen LogP contribution in [0.15, 0.2) is 205 Å². The van der Waals surface area contributed by atoms with E-state index in [9.17, 15) is 0 Å². The molecule has 0 spiro atoms. The summed E-state index contributed by atoms with van der Waals surface area (Å²) in [7, 11) is 0. The lowest BCUT2D eigenvalue weighted by Gasteiger charge is -2.16. The number of fused-ring (bicyclic) bond motifs is 9. The molecule has 0 saturated heterocycles. The van der Waals surface area contributed by atoms with Crippen LogP contribution in [0.25, 0.3) is 121 Å². The Hall–Kier alpha value is -7.95. The second-order valence-corrected chi connectivity index (χ2v) is 15.1. The Labute approximate surface area is 339 Å². The van der Waals surface area contributed by atoms with Gasteiger partial charge in [0.15, 0.2) is 0 Å². The fraction of sp³-hybridized carbons (Fsp3) is 0. The van der Waals surface area contributed by atoms with Gasteiger partial charge in [0, 0.05) is 60.0 Å². The SMILES string of the molecule is c1ccc(-c2ccc3ccc4ccc(-c5cccc(-c6cccc(-c7c8c(cc9c(-c%10ccccc%10)nc%10ccccc%10c79)oc7ccccc78)c6)c5)nc4c3n2)cc1. The van der Waals surface area contributed by atoms with Crippen molar-refractivity contribution in [2.45, 2.75) is 0 Å². The van der Waals surface area contributed by atoms with Crippen molar-refractivity contribution >= 4 is 65.4 Å². The molecular weight excluding hydrogens is 719 g/mol. The van der Waals surface area contributed by atoms with Crippen LogP contribution in [0.3, 0.4) is 0 Å². The lowest BCUT2D eigenvalue weighted by atomic mass is 9.88. The van der Waals surface area contributed by atoms with Gasteiger partial charge in [0.2, 0.25) is 0 Å². The highest BCUT2D eigenvalue weighted by molar-refractivity contribution is 6.27. The fourth-order valence-corrected chi connectivity index (χ4v) is 8.83. The van der Waals surface area contributed by atoms with Crippen molar-refractivity contribution in [3.05, 3.63) is 200 Å². The Bertz CT molecular complexity index is 3610. The van der Waals surface area contributed by atoms with E-state index in [-0.39, 0.29) is 0 Å². The summed E-state index contributed by atoms with van der Waals surface area (Å²) in [5, 5.41) is 7.66. The van der Waals surface area contributed by atoms with E-state index in [1.165, 1.54) is 0 Å². The van der Waals surface area contributed by atoms with Crippen LogP contribution in [0.5, 0.6) is 0 Å². The summed E-state index contributed by atoms with van der Waals surface area (Å²) < 4.78 is 6.65. The number of para-hydroxylation sites is 2. The number of pyridine rings is 3. The Morgan fingerprint density at radius 3 is 1.59 bits per heavy atom. The molecule has 0 aliphatic carbocycles. The first-order chi connectivity index (χ1) is 29.2. The van der Waals surface area contributed by atoms with Crippen LogP contribution < -0.4 is 0 Å². The largest absolute Gasteiger partial charge is 0.456 e. The zero-order valence-electron chi connectivity index (χ0n) is 31.8. The summed E-state index contributed by atoms with van der Waals surface area (Å²) in [5.74, 6) is 0. The molecule has 12 aromatic rings. The summed E-state index contributed by atoms with van der Waals surface area (Å²) in [5.41, 5.74) is 14.9. The van der Waals surface area contributed by atoms with Gasteiger partial charge in [-0.1, -0.05) is 158 Å². The molecule has 0 unspecified atom stereocenters. The number of aromatic nitrogens is 3. The molecule has 0 atom stereocenters. The molecule has 0 bridgehead atoms. The molecule has 274 valence electrons. The van der Waals surface area contributed by atoms with E-state index in [1.807, 2.05) is 30.3 Å². The summed E-state index contributed by atoms with van der Waals surface area (Å²) in [6, 6.07) is 70.2. The third-order valence-corrected chi connectivity index (χ3v) is 11.6. The molecule has 12 rings (SSSR count). The Morgan fingerprint density at radius 2 is 0.864 bits per heavy atom. The Balaban J connectivity index is 1.05. The fourth-order valence-electron chi connectivity index (χ4n) is 8.83. The van der Waals surface area contributed by atoms with E-state index < -0.39 is 0 Å². The molecule has 4 heterocycles. The van der Waals surface area contributed by atoms with Crippen molar-refractivity contribution in [2.24, 2.45) is 0 Å². The normalized spacial score (nSPS) is 11.7. The molecule has 4 aromatic heterocycles. The predicted octanol–water partition coefficient (Wildman–Crippen LogP) is 14.7. The average Bonchev–Trinajstić information content (AvgIpc) is 3.69. The van der Waals surface area contributed by atoms with Crippen molar-refractivity contribution in [3.8, 4) is 56.0 Å². The van der Waals surface area contributed by atoms with Crippen molar-refractivity contribution in [3.63, 3.8) is 0 Å². The van der Waals surface area contributed by atoms with E-state index in [4.69, 9.17) is 19.4 Å². The third kappa shape index (κ3) is 5.49. The minimum absolute atomic E-state index is 0.843. The number of furan rings is 1. The summed E-state index contributed by atoms with van der Waals surface area (Å²) in [6.07, 6.45) is 0. The van der Waals surface area contributed by atoms with E-state index in [1.54, 1.807) is 0 Å². The highest BCUT2D eigenvalue weighted by atomic mass is 16.3. The van der Waals surface area contributed by atoms with Gasteiger partial charge in [-0.15, -0.1) is 0 Å². The quantitative estimate of drug-likeness (QED) is 0.164. The summed E-state index contributed by atoms with van der Waals surface area (Å²) in [4.78, 5) is 15.7. The number of benzene rings is 8. The molecule has 8 aromatic carbocycles. The maximum absolute atomic E-state index is 6.65. The summed E-state index contributed by atoms with van der Waals surface area (Å²) >= 11 is 0. The van der Waals surface area contributed by atoms with Gasteiger partial charge in [-0.2, -0.15) is 0 Å². The van der Waals surface area contributed by atoms with Gasteiger partial charge in [0.25, 0.3) is 0 Å². The predicted molar refractivity (Wildman–Crippen MR) is 244 cm³/mol. The molecule has 0 radical (unpaired) electrons. The van der Waals surface area contributed by atoms with Crippen molar-refractivity contribution in [2.75, 3.05) is 0 Å². The van der Waals surface area contributed by atoms with E-state index in [0.717, 1.165) is 121 Å². The first kappa shape index (κ1) is 33.2. The Morgan fingerprint density at radius 1 is 0.322 bits per heavy atom. The lowest BCUT2D eigenvalue weighted by molar-refractivity contribution is 0.669. The highest BCUT2D eigenvalue weighted by Gasteiger charge is 2.22. The lowest BCUT2D eigenvalue weighted by Crippen LogP contribution is -1.93. The van der Waals surface area contributed by atoms with Gasteiger partial charge in [-0.05, 0) is 59.2 Å². The molecule has 4 nitrogen and oxygen atoms in total. The van der Waals surface area contributed by atoms with Crippen molar-refractivity contribution in [1.82, 2.24) is 15.0 Å². The monoisotopic (exact) mass is 751 g/mol. The first-order valence-corrected chi connectivity index (χ1v) is 19.9. The van der Waals surface area contributed by atoms with E-state index >= 15 is 0 Å². The van der Waals surface area contributed by atoms with Crippen molar-refractivity contribution in [1.29, 1.82) is 0 Å². The van der Waals surface area contributed by atoms with Gasteiger partial charge >= 0.3 is 0 Å². The highest BCUT2D eigenvalue weighted by Crippen LogP contribution is 2.47. The summed E-state index contributed by atoms with van der Waals surface area (Å²) in [6.45, 7) is 0. The maximum Gasteiger partial charge on any atom is 0.136 e. The molecule has 0 saturated carbocycles. The smallest absolute Gasteiger partial charge is 0.136 e. The second-order valence-electron chi connectivity index (χ2n) is 15.1. The molecule has 0 aliphatic heterocycles. The number of hydrogen-bond donors (Lipinski definition) is 0. The van der Waals surface area contributed by atoms with Crippen LogP contribution in [-0.2, 0) is 0 Å². The van der Waals surface area contributed by atoms with Crippen LogP contribution >= 0.6 is 0 Å².